The van der Waals surface area contributed by atoms with Crippen molar-refractivity contribution in [3.8, 4) is 11.8 Å². The summed E-state index contributed by atoms with van der Waals surface area (Å²) in [4.78, 5) is 33.7. The predicted octanol–water partition coefficient (Wildman–Crippen LogP) is 5.40. The fraction of sp³-hybridized carbons (Fsp3) is 0.500. The van der Waals surface area contributed by atoms with Crippen LogP contribution in [0.2, 0.25) is 0 Å². The van der Waals surface area contributed by atoms with Crippen molar-refractivity contribution >= 4 is 23.3 Å². The van der Waals surface area contributed by atoms with Gasteiger partial charge in [0.05, 0.1) is 7.11 Å². The van der Waals surface area contributed by atoms with E-state index in [1.807, 2.05) is 29.2 Å². The SMILES string of the molecule is COc1ccc(NC(=O)N(c2ccccc2C(C)C)C2CC3CCC(C2)N3C(C)=O)c(OC(F)F)n1. The molecular weight excluding hydrogens is 470 g/mol. The molecule has 8 nitrogen and oxygen atoms in total. The molecule has 2 aliphatic rings. The van der Waals surface area contributed by atoms with Crippen LogP contribution in [-0.4, -0.2) is 53.7 Å². The van der Waals surface area contributed by atoms with Gasteiger partial charge in [0.1, 0.15) is 5.69 Å². The minimum atomic E-state index is -3.12. The van der Waals surface area contributed by atoms with Gasteiger partial charge < -0.3 is 19.7 Å². The maximum absolute atomic E-state index is 13.9. The second-order valence-corrected chi connectivity index (χ2v) is 9.54. The molecule has 194 valence electrons. The Balaban J connectivity index is 1.70. The van der Waals surface area contributed by atoms with Gasteiger partial charge in [0.15, 0.2) is 0 Å². The van der Waals surface area contributed by atoms with Crippen molar-refractivity contribution in [2.24, 2.45) is 0 Å². The summed E-state index contributed by atoms with van der Waals surface area (Å²) in [6, 6.07) is 10.1. The number of halogens is 2. The summed E-state index contributed by atoms with van der Waals surface area (Å²) in [5, 5.41) is 2.74. The van der Waals surface area contributed by atoms with E-state index < -0.39 is 18.5 Å². The van der Waals surface area contributed by atoms with Crippen LogP contribution in [0.4, 0.5) is 25.0 Å². The Bertz CT molecular complexity index is 1100. The standard InChI is InChI=1S/C26H32F2N4O4/c1-15(2)20-7-5-6-8-22(20)32(19-13-17-9-10-18(14-19)31(17)16(3)33)26(34)29-21-11-12-23(35-4)30-24(21)36-25(27)28/h5-8,11-12,15,17-19,25H,9-10,13-14H2,1-4H3,(H,29,34). The molecule has 3 heterocycles. The van der Waals surface area contributed by atoms with Crippen molar-refractivity contribution in [1.82, 2.24) is 9.88 Å². The average Bonchev–Trinajstić information content (AvgIpc) is 3.11. The van der Waals surface area contributed by atoms with E-state index in [0.717, 1.165) is 24.1 Å². The van der Waals surface area contributed by atoms with E-state index >= 15 is 0 Å². The third kappa shape index (κ3) is 5.22. The molecule has 1 aromatic heterocycles. The highest BCUT2D eigenvalue weighted by molar-refractivity contribution is 6.03. The van der Waals surface area contributed by atoms with Crippen LogP contribution in [0, 0.1) is 0 Å². The lowest BCUT2D eigenvalue weighted by Crippen LogP contribution is -2.54. The van der Waals surface area contributed by atoms with Crippen molar-refractivity contribution in [2.45, 2.75) is 77.1 Å². The number of methoxy groups -OCH3 is 1. The van der Waals surface area contributed by atoms with Gasteiger partial charge in [0.25, 0.3) is 0 Å². The average molecular weight is 503 g/mol. The third-order valence-corrected chi connectivity index (χ3v) is 6.96. The van der Waals surface area contributed by atoms with Gasteiger partial charge in [-0.2, -0.15) is 13.8 Å². The number of rotatable bonds is 7. The van der Waals surface area contributed by atoms with Crippen LogP contribution in [0.25, 0.3) is 0 Å². The first kappa shape index (κ1) is 25.7. The summed E-state index contributed by atoms with van der Waals surface area (Å²) >= 11 is 0. The minimum absolute atomic E-state index is 0.0114. The lowest BCUT2D eigenvalue weighted by atomic mass is 9.93. The van der Waals surface area contributed by atoms with Gasteiger partial charge in [-0.25, -0.2) is 4.79 Å². The van der Waals surface area contributed by atoms with Crippen LogP contribution >= 0.6 is 0 Å². The molecule has 2 fully saturated rings. The number of alkyl halides is 2. The van der Waals surface area contributed by atoms with Crippen LogP contribution in [-0.2, 0) is 4.79 Å². The van der Waals surface area contributed by atoms with Gasteiger partial charge in [-0.15, -0.1) is 0 Å². The van der Waals surface area contributed by atoms with E-state index in [9.17, 15) is 18.4 Å². The quantitative estimate of drug-likeness (QED) is 0.549. The molecule has 10 heteroatoms. The second kappa shape index (κ2) is 10.7. The minimum Gasteiger partial charge on any atom is -0.481 e. The van der Waals surface area contributed by atoms with Gasteiger partial charge in [0, 0.05) is 36.8 Å². The monoisotopic (exact) mass is 502 g/mol. The van der Waals surface area contributed by atoms with Gasteiger partial charge in [0.2, 0.25) is 17.7 Å². The highest BCUT2D eigenvalue weighted by Crippen LogP contribution is 2.41. The summed E-state index contributed by atoms with van der Waals surface area (Å²) in [5.41, 5.74) is 1.76. The summed E-state index contributed by atoms with van der Waals surface area (Å²) in [6.07, 6.45) is 3.07. The number of aromatic nitrogens is 1. The zero-order valence-electron chi connectivity index (χ0n) is 20.9. The first-order chi connectivity index (χ1) is 17.2. The van der Waals surface area contributed by atoms with Crippen LogP contribution in [0.1, 0.15) is 57.9 Å². The molecule has 3 amide bonds. The molecule has 2 unspecified atom stereocenters. The topological polar surface area (TPSA) is 84.0 Å². The summed E-state index contributed by atoms with van der Waals surface area (Å²) in [6.45, 7) is 2.58. The fourth-order valence-electron chi connectivity index (χ4n) is 5.52. The molecule has 0 saturated carbocycles. The molecule has 1 N–H and O–H groups in total. The highest BCUT2D eigenvalue weighted by atomic mass is 19.3. The number of hydrogen-bond acceptors (Lipinski definition) is 5. The number of pyridine rings is 1. The lowest BCUT2D eigenvalue weighted by Gasteiger charge is -2.43. The van der Waals surface area contributed by atoms with Crippen molar-refractivity contribution < 1.29 is 27.8 Å². The Morgan fingerprint density at radius 1 is 1.11 bits per heavy atom. The predicted molar refractivity (Wildman–Crippen MR) is 132 cm³/mol. The largest absolute Gasteiger partial charge is 0.481 e. The number of para-hydroxylation sites is 1. The van der Waals surface area contributed by atoms with E-state index in [-0.39, 0.29) is 41.5 Å². The summed E-state index contributed by atoms with van der Waals surface area (Å²) in [5.74, 6) is -0.149. The van der Waals surface area contributed by atoms with Crippen LogP contribution < -0.4 is 19.7 Å². The molecule has 2 aromatic rings. The highest BCUT2D eigenvalue weighted by Gasteiger charge is 2.45. The maximum atomic E-state index is 13.9. The van der Waals surface area contributed by atoms with Gasteiger partial charge in [-0.05, 0) is 49.3 Å². The lowest BCUT2D eigenvalue weighted by molar-refractivity contribution is -0.133. The molecule has 36 heavy (non-hydrogen) atoms. The Hall–Kier alpha value is -3.43. The number of nitrogens with zero attached hydrogens (tertiary/aromatic N) is 3. The number of hydrogen-bond donors (Lipinski definition) is 1. The Morgan fingerprint density at radius 2 is 1.78 bits per heavy atom. The van der Waals surface area contributed by atoms with Gasteiger partial charge in [-0.1, -0.05) is 32.0 Å². The normalized spacial score (nSPS) is 21.0. The molecule has 2 saturated heterocycles. The number of carbonyl (C=O) groups excluding carboxylic acids is 2. The molecule has 0 spiro atoms. The molecule has 2 bridgehead atoms. The first-order valence-corrected chi connectivity index (χ1v) is 12.2. The van der Waals surface area contributed by atoms with Crippen LogP contribution in [0.3, 0.4) is 0 Å². The van der Waals surface area contributed by atoms with E-state index in [1.54, 1.807) is 11.8 Å². The number of fused-ring (bicyclic) bond motifs is 2. The molecule has 2 atom stereocenters. The molecular formula is C26H32F2N4O4. The number of urea groups is 1. The molecule has 0 radical (unpaired) electrons. The Morgan fingerprint density at radius 3 is 2.36 bits per heavy atom. The van der Waals surface area contributed by atoms with E-state index in [4.69, 9.17) is 4.74 Å². The van der Waals surface area contributed by atoms with Crippen LogP contribution in [0.15, 0.2) is 36.4 Å². The number of ether oxygens (including phenoxy) is 2. The molecule has 1 aromatic carbocycles. The number of carbonyl (C=O) groups is 2. The van der Waals surface area contributed by atoms with E-state index in [0.29, 0.717) is 12.8 Å². The zero-order valence-corrected chi connectivity index (χ0v) is 20.9. The van der Waals surface area contributed by atoms with Gasteiger partial charge in [-0.3, -0.25) is 9.69 Å². The zero-order chi connectivity index (χ0) is 26.0. The van der Waals surface area contributed by atoms with Crippen molar-refractivity contribution in [3.63, 3.8) is 0 Å². The Labute approximate surface area is 209 Å². The Kier molecular flexibility index (Phi) is 7.61. The van der Waals surface area contributed by atoms with Crippen molar-refractivity contribution in [2.75, 3.05) is 17.3 Å². The number of anilines is 2. The van der Waals surface area contributed by atoms with Crippen LogP contribution in [0.5, 0.6) is 11.8 Å². The molecule has 2 aliphatic heterocycles. The third-order valence-electron chi connectivity index (χ3n) is 6.96. The number of benzene rings is 1. The summed E-state index contributed by atoms with van der Waals surface area (Å²) in [7, 11) is 1.36. The maximum Gasteiger partial charge on any atom is 0.388 e. The van der Waals surface area contributed by atoms with Crippen molar-refractivity contribution in [1.29, 1.82) is 0 Å². The van der Waals surface area contributed by atoms with Gasteiger partial charge >= 0.3 is 12.6 Å². The summed E-state index contributed by atoms with van der Waals surface area (Å²) < 4.78 is 35.7. The number of amides is 3. The number of piperidine rings is 1. The van der Waals surface area contributed by atoms with Crippen molar-refractivity contribution in [3.05, 3.63) is 42.0 Å². The van der Waals surface area contributed by atoms with E-state index in [1.165, 1.54) is 19.2 Å². The first-order valence-electron chi connectivity index (χ1n) is 12.2. The smallest absolute Gasteiger partial charge is 0.388 e. The molecule has 4 rings (SSSR count). The fourth-order valence-corrected chi connectivity index (χ4v) is 5.52. The number of nitrogens with one attached hydrogen (secondary N) is 1. The molecule has 0 aliphatic carbocycles. The van der Waals surface area contributed by atoms with E-state index in [2.05, 4.69) is 28.9 Å². The second-order valence-electron chi connectivity index (χ2n) is 9.54.